The lowest BCUT2D eigenvalue weighted by atomic mass is 10.2. The lowest BCUT2D eigenvalue weighted by molar-refractivity contribution is 0.586. The van der Waals surface area contributed by atoms with E-state index in [0.717, 1.165) is 37.4 Å². The molecule has 2 aromatic heterocycles. The van der Waals surface area contributed by atoms with Gasteiger partial charge in [0.25, 0.3) is 10.0 Å². The van der Waals surface area contributed by atoms with Gasteiger partial charge < -0.3 is 10.2 Å². The molecule has 0 bridgehead atoms. The second-order valence-electron chi connectivity index (χ2n) is 6.06. The molecule has 0 aliphatic carbocycles. The summed E-state index contributed by atoms with van der Waals surface area (Å²) < 4.78 is 27.3. The number of piperazine rings is 1. The van der Waals surface area contributed by atoms with Crippen LogP contribution >= 0.6 is 0 Å². The summed E-state index contributed by atoms with van der Waals surface area (Å²) in [6.45, 7) is 3.42. The minimum Gasteiger partial charge on any atom is -0.354 e. The second-order valence-corrected chi connectivity index (χ2v) is 7.87. The highest BCUT2D eigenvalue weighted by molar-refractivity contribution is 7.90. The number of nitrogens with zero attached hydrogens (tertiary/aromatic N) is 4. The minimum atomic E-state index is -3.75. The van der Waals surface area contributed by atoms with Crippen LogP contribution in [0, 0.1) is 11.3 Å². The van der Waals surface area contributed by atoms with Crippen LogP contribution in [-0.2, 0) is 10.0 Å². The SMILES string of the molecule is N#Cc1ccc(S(=O)(=O)n2ccc3c(N4CCNCC4)nccc32)cc1. The molecule has 3 heterocycles. The third kappa shape index (κ3) is 2.71. The quantitative estimate of drug-likeness (QED) is 0.755. The average Bonchev–Trinajstić information content (AvgIpc) is 3.14. The Bertz CT molecular complexity index is 1090. The van der Waals surface area contributed by atoms with Gasteiger partial charge in [0, 0.05) is 44.0 Å². The number of nitriles is 1. The molecular weight excluding hydrogens is 350 g/mol. The van der Waals surface area contributed by atoms with E-state index >= 15 is 0 Å². The van der Waals surface area contributed by atoms with Gasteiger partial charge in [-0.05, 0) is 36.4 Å². The minimum absolute atomic E-state index is 0.148. The van der Waals surface area contributed by atoms with Gasteiger partial charge in [-0.2, -0.15) is 5.26 Å². The van der Waals surface area contributed by atoms with Gasteiger partial charge in [-0.3, -0.25) is 0 Å². The zero-order valence-electron chi connectivity index (χ0n) is 14.0. The topological polar surface area (TPSA) is 91.0 Å². The maximum atomic E-state index is 13.0. The lowest BCUT2D eigenvalue weighted by Crippen LogP contribution is -2.43. The number of nitrogens with one attached hydrogen (secondary N) is 1. The molecule has 1 aliphatic rings. The number of aromatic nitrogens is 2. The van der Waals surface area contributed by atoms with E-state index in [2.05, 4.69) is 15.2 Å². The van der Waals surface area contributed by atoms with Crippen molar-refractivity contribution in [2.24, 2.45) is 0 Å². The van der Waals surface area contributed by atoms with Crippen molar-refractivity contribution >= 4 is 26.7 Å². The molecule has 0 radical (unpaired) electrons. The predicted molar refractivity (Wildman–Crippen MR) is 98.6 cm³/mol. The molecule has 1 saturated heterocycles. The van der Waals surface area contributed by atoms with Crippen LogP contribution in [0.4, 0.5) is 5.82 Å². The molecule has 0 spiro atoms. The molecule has 7 nitrogen and oxygen atoms in total. The molecule has 1 aliphatic heterocycles. The maximum absolute atomic E-state index is 13.0. The van der Waals surface area contributed by atoms with E-state index in [9.17, 15) is 8.42 Å². The van der Waals surface area contributed by atoms with Crippen LogP contribution in [0.3, 0.4) is 0 Å². The highest BCUT2D eigenvalue weighted by Crippen LogP contribution is 2.28. The van der Waals surface area contributed by atoms with Crippen LogP contribution in [0.25, 0.3) is 10.9 Å². The van der Waals surface area contributed by atoms with Crippen molar-refractivity contribution in [1.29, 1.82) is 5.26 Å². The monoisotopic (exact) mass is 367 g/mol. The molecule has 0 amide bonds. The summed E-state index contributed by atoms with van der Waals surface area (Å²) >= 11 is 0. The van der Waals surface area contributed by atoms with Gasteiger partial charge in [0.2, 0.25) is 0 Å². The molecule has 0 saturated carbocycles. The van der Waals surface area contributed by atoms with Crippen molar-refractivity contribution in [1.82, 2.24) is 14.3 Å². The van der Waals surface area contributed by atoms with E-state index in [1.165, 1.54) is 28.2 Å². The zero-order valence-corrected chi connectivity index (χ0v) is 14.8. The summed E-state index contributed by atoms with van der Waals surface area (Å²) in [5, 5.41) is 13.0. The fourth-order valence-corrected chi connectivity index (χ4v) is 4.53. The zero-order chi connectivity index (χ0) is 18.1. The maximum Gasteiger partial charge on any atom is 0.268 e. The third-order valence-electron chi connectivity index (χ3n) is 4.52. The summed E-state index contributed by atoms with van der Waals surface area (Å²) in [7, 11) is -3.75. The first-order chi connectivity index (χ1) is 12.6. The first-order valence-corrected chi connectivity index (χ1v) is 9.73. The highest BCUT2D eigenvalue weighted by atomic mass is 32.2. The molecule has 1 aromatic carbocycles. The molecule has 1 N–H and O–H groups in total. The lowest BCUT2D eigenvalue weighted by Gasteiger charge is -2.28. The molecular formula is C18H17N5O2S. The van der Waals surface area contributed by atoms with E-state index in [-0.39, 0.29) is 4.90 Å². The van der Waals surface area contributed by atoms with E-state index in [1.807, 2.05) is 6.07 Å². The number of rotatable bonds is 3. The summed E-state index contributed by atoms with van der Waals surface area (Å²) in [4.78, 5) is 6.79. The van der Waals surface area contributed by atoms with Gasteiger partial charge in [-0.15, -0.1) is 0 Å². The van der Waals surface area contributed by atoms with Crippen molar-refractivity contribution in [3.63, 3.8) is 0 Å². The Labute approximate surface area is 151 Å². The average molecular weight is 367 g/mol. The van der Waals surface area contributed by atoms with Crippen molar-refractivity contribution in [2.45, 2.75) is 4.90 Å². The number of benzene rings is 1. The number of pyridine rings is 1. The Morgan fingerprint density at radius 3 is 2.50 bits per heavy atom. The van der Waals surface area contributed by atoms with Crippen molar-refractivity contribution in [2.75, 3.05) is 31.1 Å². The molecule has 8 heteroatoms. The smallest absolute Gasteiger partial charge is 0.268 e. The number of hydrogen-bond donors (Lipinski definition) is 1. The molecule has 0 unspecified atom stereocenters. The first kappa shape index (κ1) is 16.6. The van der Waals surface area contributed by atoms with Crippen LogP contribution in [0.15, 0.2) is 53.7 Å². The van der Waals surface area contributed by atoms with Crippen LogP contribution in [0.1, 0.15) is 5.56 Å². The van der Waals surface area contributed by atoms with Crippen molar-refractivity contribution in [3.8, 4) is 6.07 Å². The largest absolute Gasteiger partial charge is 0.354 e. The Morgan fingerprint density at radius 1 is 1.08 bits per heavy atom. The second kappa shape index (κ2) is 6.44. The van der Waals surface area contributed by atoms with E-state index < -0.39 is 10.0 Å². The summed E-state index contributed by atoms with van der Waals surface area (Å²) in [6.07, 6.45) is 3.20. The molecule has 132 valence electrons. The van der Waals surface area contributed by atoms with Gasteiger partial charge in [-0.25, -0.2) is 17.4 Å². The van der Waals surface area contributed by atoms with Gasteiger partial charge >= 0.3 is 0 Å². The molecule has 3 aromatic rings. The predicted octanol–water partition coefficient (Wildman–Crippen LogP) is 1.55. The Hall–Kier alpha value is -2.89. The Kier molecular flexibility index (Phi) is 4.11. The number of anilines is 1. The normalized spacial score (nSPS) is 15.1. The highest BCUT2D eigenvalue weighted by Gasteiger charge is 2.22. The van der Waals surface area contributed by atoms with Gasteiger partial charge in [0.05, 0.1) is 22.0 Å². The van der Waals surface area contributed by atoms with E-state index in [0.29, 0.717) is 11.1 Å². The molecule has 0 atom stereocenters. The molecule has 1 fully saturated rings. The third-order valence-corrected chi connectivity index (χ3v) is 6.22. The van der Waals surface area contributed by atoms with E-state index in [1.54, 1.807) is 24.5 Å². The number of hydrogen-bond acceptors (Lipinski definition) is 6. The van der Waals surface area contributed by atoms with Crippen molar-refractivity contribution < 1.29 is 8.42 Å². The summed E-state index contributed by atoms with van der Waals surface area (Å²) in [5.41, 5.74) is 1.02. The van der Waals surface area contributed by atoms with Crippen molar-refractivity contribution in [3.05, 3.63) is 54.4 Å². The van der Waals surface area contributed by atoms with Gasteiger partial charge in [0.15, 0.2) is 0 Å². The fourth-order valence-electron chi connectivity index (χ4n) is 3.18. The van der Waals surface area contributed by atoms with Crippen LogP contribution in [-0.4, -0.2) is 43.6 Å². The van der Waals surface area contributed by atoms with Crippen LogP contribution < -0.4 is 10.2 Å². The summed E-state index contributed by atoms with van der Waals surface area (Å²) in [6, 6.07) is 11.4. The standard InChI is InChI=1S/C18H17N5O2S/c19-13-14-1-3-15(4-2-14)26(24,25)23-10-6-16-17(23)5-7-21-18(16)22-11-8-20-9-12-22/h1-7,10,20H,8-9,11-12H2. The Morgan fingerprint density at radius 2 is 1.81 bits per heavy atom. The Balaban J connectivity index is 1.80. The van der Waals surface area contributed by atoms with Crippen LogP contribution in [0.2, 0.25) is 0 Å². The fraction of sp³-hybridized carbons (Fsp3) is 0.222. The number of fused-ring (bicyclic) bond motifs is 1. The molecule has 4 rings (SSSR count). The summed E-state index contributed by atoms with van der Waals surface area (Å²) in [5.74, 6) is 0.803. The van der Waals surface area contributed by atoms with E-state index in [4.69, 9.17) is 5.26 Å². The molecule has 26 heavy (non-hydrogen) atoms. The van der Waals surface area contributed by atoms with Crippen LogP contribution in [0.5, 0.6) is 0 Å². The first-order valence-electron chi connectivity index (χ1n) is 8.29. The van der Waals surface area contributed by atoms with Gasteiger partial charge in [-0.1, -0.05) is 0 Å². The van der Waals surface area contributed by atoms with Gasteiger partial charge in [0.1, 0.15) is 5.82 Å².